The number of hydrogen-bond acceptors (Lipinski definition) is 4. The average molecular weight is 336 g/mol. The quantitative estimate of drug-likeness (QED) is 0.881. The maximum absolute atomic E-state index is 12.1. The summed E-state index contributed by atoms with van der Waals surface area (Å²) in [6.45, 7) is 4.84. The van der Waals surface area contributed by atoms with Gasteiger partial charge in [0, 0.05) is 18.2 Å². The summed E-state index contributed by atoms with van der Waals surface area (Å²) >= 11 is 0. The second-order valence-corrected chi connectivity index (χ2v) is 5.85. The molecule has 1 aliphatic heterocycles. The number of halogens is 1. The van der Waals surface area contributed by atoms with Crippen molar-refractivity contribution in [3.8, 4) is 11.3 Å². The van der Waals surface area contributed by atoms with Gasteiger partial charge in [-0.2, -0.15) is 0 Å². The van der Waals surface area contributed by atoms with Crippen LogP contribution in [0.15, 0.2) is 34.9 Å². The number of rotatable bonds is 5. The van der Waals surface area contributed by atoms with Gasteiger partial charge < -0.3 is 15.2 Å². The summed E-state index contributed by atoms with van der Waals surface area (Å²) in [6, 6.07) is 9.67. The van der Waals surface area contributed by atoms with Crippen LogP contribution in [0.4, 0.5) is 0 Å². The Morgan fingerprint density at radius 1 is 1.39 bits per heavy atom. The number of aromatic nitrogens is 1. The lowest BCUT2D eigenvalue weighted by molar-refractivity contribution is 0.0915. The Morgan fingerprint density at radius 3 is 2.87 bits per heavy atom. The van der Waals surface area contributed by atoms with Gasteiger partial charge in [-0.1, -0.05) is 35.0 Å². The molecule has 1 atom stereocenters. The Bertz CT molecular complexity index is 634. The summed E-state index contributed by atoms with van der Waals surface area (Å²) in [6.07, 6.45) is 2.19. The summed E-state index contributed by atoms with van der Waals surface area (Å²) < 4.78 is 5.16. The lowest BCUT2D eigenvalue weighted by atomic mass is 10.1. The number of carbonyl (C=O) groups is 1. The molecule has 0 saturated carbocycles. The summed E-state index contributed by atoms with van der Waals surface area (Å²) in [4.78, 5) is 12.1. The van der Waals surface area contributed by atoms with Gasteiger partial charge in [0.1, 0.15) is 5.69 Å². The predicted molar refractivity (Wildman–Crippen MR) is 91.9 cm³/mol. The largest absolute Gasteiger partial charge is 0.350 e. The minimum Gasteiger partial charge on any atom is -0.350 e. The van der Waals surface area contributed by atoms with Gasteiger partial charge in [-0.25, -0.2) is 0 Å². The van der Waals surface area contributed by atoms with E-state index in [2.05, 4.69) is 15.8 Å². The molecule has 124 valence electrons. The van der Waals surface area contributed by atoms with Crippen LogP contribution >= 0.6 is 12.4 Å². The highest BCUT2D eigenvalue weighted by atomic mass is 35.5. The molecule has 23 heavy (non-hydrogen) atoms. The molecule has 0 aliphatic carbocycles. The molecule has 5 nitrogen and oxygen atoms in total. The highest BCUT2D eigenvalue weighted by molar-refractivity contribution is 5.92. The van der Waals surface area contributed by atoms with E-state index in [0.29, 0.717) is 18.2 Å². The number of hydrogen-bond donors (Lipinski definition) is 2. The second kappa shape index (κ2) is 8.13. The van der Waals surface area contributed by atoms with E-state index < -0.39 is 0 Å². The standard InChI is InChI=1S/C17H21N3O2.ClH/c1-12-2-4-14(5-3-12)15-10-16(22-20-15)17(21)19-9-7-13-6-8-18-11-13;/h2-5,10,13,18H,6-9,11H2,1H3,(H,19,21);1H. The zero-order chi connectivity index (χ0) is 15.4. The number of nitrogens with zero attached hydrogens (tertiary/aromatic N) is 1. The maximum Gasteiger partial charge on any atom is 0.289 e. The van der Waals surface area contributed by atoms with Crippen LogP contribution in [0.2, 0.25) is 0 Å². The van der Waals surface area contributed by atoms with Crippen molar-refractivity contribution >= 4 is 18.3 Å². The molecule has 1 aliphatic rings. The van der Waals surface area contributed by atoms with Gasteiger partial charge in [0.05, 0.1) is 0 Å². The Balaban J connectivity index is 0.00000192. The Labute approximate surface area is 142 Å². The van der Waals surface area contributed by atoms with Gasteiger partial charge in [-0.3, -0.25) is 4.79 Å². The third kappa shape index (κ3) is 4.56. The highest BCUT2D eigenvalue weighted by Gasteiger charge is 2.16. The fraction of sp³-hybridized carbons (Fsp3) is 0.412. The average Bonchev–Trinajstić information content (AvgIpc) is 3.19. The summed E-state index contributed by atoms with van der Waals surface area (Å²) in [7, 11) is 0. The molecule has 6 heteroatoms. The van der Waals surface area contributed by atoms with Crippen LogP contribution in [0.5, 0.6) is 0 Å². The van der Waals surface area contributed by atoms with E-state index >= 15 is 0 Å². The molecule has 0 spiro atoms. The van der Waals surface area contributed by atoms with E-state index in [0.717, 1.165) is 25.1 Å². The lowest BCUT2D eigenvalue weighted by Gasteiger charge is -2.07. The van der Waals surface area contributed by atoms with Crippen molar-refractivity contribution in [2.75, 3.05) is 19.6 Å². The molecular formula is C17H22ClN3O2. The third-order valence-electron chi connectivity index (χ3n) is 4.08. The van der Waals surface area contributed by atoms with E-state index in [1.54, 1.807) is 6.07 Å². The van der Waals surface area contributed by atoms with Gasteiger partial charge in [-0.15, -0.1) is 12.4 Å². The normalized spacial score (nSPS) is 16.8. The van der Waals surface area contributed by atoms with Crippen LogP contribution in [0.25, 0.3) is 11.3 Å². The van der Waals surface area contributed by atoms with Crippen molar-refractivity contribution in [1.82, 2.24) is 15.8 Å². The first-order valence-corrected chi connectivity index (χ1v) is 7.75. The second-order valence-electron chi connectivity index (χ2n) is 5.85. The molecule has 1 amide bonds. The van der Waals surface area contributed by atoms with Crippen molar-refractivity contribution in [3.63, 3.8) is 0 Å². The smallest absolute Gasteiger partial charge is 0.289 e. The number of benzene rings is 1. The van der Waals surface area contributed by atoms with E-state index in [9.17, 15) is 4.79 Å². The fourth-order valence-electron chi connectivity index (χ4n) is 2.68. The molecule has 0 bridgehead atoms. The zero-order valence-electron chi connectivity index (χ0n) is 13.2. The van der Waals surface area contributed by atoms with Crippen LogP contribution in [-0.4, -0.2) is 30.7 Å². The Kier molecular flexibility index (Phi) is 6.19. The van der Waals surface area contributed by atoms with E-state index in [4.69, 9.17) is 4.52 Å². The van der Waals surface area contributed by atoms with Crippen LogP contribution in [-0.2, 0) is 0 Å². The topological polar surface area (TPSA) is 67.2 Å². The van der Waals surface area contributed by atoms with Gasteiger partial charge in [-0.05, 0) is 38.8 Å². The fourth-order valence-corrected chi connectivity index (χ4v) is 2.68. The van der Waals surface area contributed by atoms with Crippen LogP contribution in [0, 0.1) is 12.8 Å². The van der Waals surface area contributed by atoms with Crippen molar-refractivity contribution in [2.45, 2.75) is 19.8 Å². The van der Waals surface area contributed by atoms with E-state index in [1.165, 1.54) is 12.0 Å². The van der Waals surface area contributed by atoms with Crippen molar-refractivity contribution in [2.24, 2.45) is 5.92 Å². The SMILES string of the molecule is Cc1ccc(-c2cc(C(=O)NCCC3CCNC3)on2)cc1.Cl. The molecular weight excluding hydrogens is 314 g/mol. The number of carbonyl (C=O) groups excluding carboxylic acids is 1. The summed E-state index contributed by atoms with van der Waals surface area (Å²) in [5.74, 6) is 0.732. The lowest BCUT2D eigenvalue weighted by Crippen LogP contribution is -2.26. The van der Waals surface area contributed by atoms with Crippen LogP contribution in [0.3, 0.4) is 0 Å². The number of nitrogens with one attached hydrogen (secondary N) is 2. The maximum atomic E-state index is 12.1. The molecule has 1 saturated heterocycles. The summed E-state index contributed by atoms with van der Waals surface area (Å²) in [5, 5.41) is 10.2. The number of aryl methyl sites for hydroxylation is 1. The predicted octanol–water partition coefficient (Wildman–Crippen LogP) is 2.80. The monoisotopic (exact) mass is 335 g/mol. The first-order chi connectivity index (χ1) is 10.7. The third-order valence-corrected chi connectivity index (χ3v) is 4.08. The molecule has 1 unspecified atom stereocenters. The highest BCUT2D eigenvalue weighted by Crippen LogP contribution is 2.19. The molecule has 1 aromatic heterocycles. The molecule has 2 N–H and O–H groups in total. The minimum absolute atomic E-state index is 0. The van der Waals surface area contributed by atoms with Crippen molar-refractivity contribution in [1.29, 1.82) is 0 Å². The van der Waals surface area contributed by atoms with Gasteiger partial charge in [0.15, 0.2) is 0 Å². The Hall–Kier alpha value is -1.85. The molecule has 2 aromatic rings. The number of amides is 1. The van der Waals surface area contributed by atoms with E-state index in [1.807, 2.05) is 31.2 Å². The van der Waals surface area contributed by atoms with Crippen LogP contribution in [0.1, 0.15) is 29.0 Å². The van der Waals surface area contributed by atoms with Crippen molar-refractivity contribution in [3.05, 3.63) is 41.7 Å². The molecule has 1 fully saturated rings. The Morgan fingerprint density at radius 2 is 2.17 bits per heavy atom. The summed E-state index contributed by atoms with van der Waals surface area (Å²) in [5.41, 5.74) is 2.82. The molecule has 3 rings (SSSR count). The van der Waals surface area contributed by atoms with Crippen molar-refractivity contribution < 1.29 is 9.32 Å². The minimum atomic E-state index is -0.197. The van der Waals surface area contributed by atoms with Gasteiger partial charge >= 0.3 is 0 Å². The zero-order valence-corrected chi connectivity index (χ0v) is 14.0. The molecule has 2 heterocycles. The van der Waals surface area contributed by atoms with Crippen LogP contribution < -0.4 is 10.6 Å². The van der Waals surface area contributed by atoms with Gasteiger partial charge in [0.25, 0.3) is 5.91 Å². The van der Waals surface area contributed by atoms with E-state index in [-0.39, 0.29) is 24.1 Å². The van der Waals surface area contributed by atoms with Gasteiger partial charge in [0.2, 0.25) is 5.76 Å². The first kappa shape index (κ1) is 17.5. The molecule has 1 aromatic carbocycles. The first-order valence-electron chi connectivity index (χ1n) is 7.75. The molecule has 0 radical (unpaired) electrons.